The summed E-state index contributed by atoms with van der Waals surface area (Å²) >= 11 is 1.66. The van der Waals surface area contributed by atoms with Gasteiger partial charge in [-0.1, -0.05) is 24.3 Å². The van der Waals surface area contributed by atoms with Crippen LogP contribution in [0.5, 0.6) is 5.75 Å². The number of hydrogen-bond donors (Lipinski definition) is 1. The number of nitrogens with one attached hydrogen (secondary N) is 1. The van der Waals surface area contributed by atoms with Crippen molar-refractivity contribution in [2.75, 3.05) is 19.5 Å². The highest BCUT2D eigenvalue weighted by molar-refractivity contribution is 7.18. The minimum absolute atomic E-state index is 0.0758. The predicted octanol–water partition coefficient (Wildman–Crippen LogP) is 3.76. The second-order valence-electron chi connectivity index (χ2n) is 5.86. The highest BCUT2D eigenvalue weighted by Crippen LogP contribution is 2.25. The molecule has 0 saturated carbocycles. The minimum atomic E-state index is -0.295. The van der Waals surface area contributed by atoms with E-state index in [0.29, 0.717) is 18.0 Å². The predicted molar refractivity (Wildman–Crippen MR) is 102 cm³/mol. The van der Waals surface area contributed by atoms with Crippen LogP contribution in [0.4, 0.5) is 5.69 Å². The lowest BCUT2D eigenvalue weighted by Crippen LogP contribution is -2.39. The minimum Gasteiger partial charge on any atom is -0.495 e. The first kappa shape index (κ1) is 17.4. The van der Waals surface area contributed by atoms with E-state index in [1.54, 1.807) is 18.4 Å². The van der Waals surface area contributed by atoms with Crippen molar-refractivity contribution in [1.29, 1.82) is 0 Å². The molecule has 1 heterocycles. The van der Waals surface area contributed by atoms with E-state index in [1.165, 1.54) is 0 Å². The first-order valence-corrected chi connectivity index (χ1v) is 8.88. The summed E-state index contributed by atoms with van der Waals surface area (Å²) in [6.07, 6.45) is 0. The Bertz CT molecular complexity index is 845. The molecule has 0 unspecified atom stereocenters. The summed E-state index contributed by atoms with van der Waals surface area (Å²) in [6, 6.07) is 15.2. The molecule has 1 aromatic heterocycles. The lowest BCUT2D eigenvalue weighted by Gasteiger charge is -2.23. The molecule has 130 valence electrons. The number of para-hydroxylation sites is 3. The van der Waals surface area contributed by atoms with Gasteiger partial charge in [-0.2, -0.15) is 0 Å². The molecular weight excluding hydrogens is 334 g/mol. The number of amides is 1. The topological polar surface area (TPSA) is 54.5 Å². The fourth-order valence-corrected chi connectivity index (χ4v) is 3.55. The van der Waals surface area contributed by atoms with Gasteiger partial charge in [-0.15, -0.1) is 11.3 Å². The maximum atomic E-state index is 12.6. The van der Waals surface area contributed by atoms with Crippen LogP contribution in [0.3, 0.4) is 0 Å². The van der Waals surface area contributed by atoms with Gasteiger partial charge in [0, 0.05) is 0 Å². The first-order chi connectivity index (χ1) is 12.1. The van der Waals surface area contributed by atoms with Crippen molar-refractivity contribution in [3.63, 3.8) is 0 Å². The second kappa shape index (κ2) is 7.63. The highest BCUT2D eigenvalue weighted by Gasteiger charge is 2.20. The normalized spacial score (nSPS) is 12.3. The zero-order chi connectivity index (χ0) is 17.8. The van der Waals surface area contributed by atoms with Gasteiger partial charge >= 0.3 is 0 Å². The Kier molecular flexibility index (Phi) is 5.31. The van der Waals surface area contributed by atoms with Crippen molar-refractivity contribution >= 4 is 33.1 Å². The van der Waals surface area contributed by atoms with Gasteiger partial charge in [0.2, 0.25) is 5.91 Å². The molecular formula is C19H21N3O2S. The van der Waals surface area contributed by atoms with E-state index in [9.17, 15) is 4.79 Å². The van der Waals surface area contributed by atoms with E-state index >= 15 is 0 Å². The average Bonchev–Trinajstić information content (AvgIpc) is 3.03. The number of ether oxygens (including phenoxy) is 1. The SMILES string of the molecule is COc1ccccc1NC(=O)[C@@H](C)N(C)Cc1nc2ccccc2s1. The number of aromatic nitrogens is 1. The van der Waals surface area contributed by atoms with Crippen LogP contribution < -0.4 is 10.1 Å². The molecule has 1 atom stereocenters. The number of thiazole rings is 1. The van der Waals surface area contributed by atoms with Crippen LogP contribution in [0.25, 0.3) is 10.2 Å². The Balaban J connectivity index is 1.66. The van der Waals surface area contributed by atoms with E-state index in [4.69, 9.17) is 4.74 Å². The van der Waals surface area contributed by atoms with Crippen LogP contribution in [0.1, 0.15) is 11.9 Å². The lowest BCUT2D eigenvalue weighted by atomic mass is 10.2. The summed E-state index contributed by atoms with van der Waals surface area (Å²) in [7, 11) is 3.52. The molecule has 5 nitrogen and oxygen atoms in total. The van der Waals surface area contributed by atoms with Crippen LogP contribution in [-0.2, 0) is 11.3 Å². The maximum Gasteiger partial charge on any atom is 0.241 e. The third-order valence-electron chi connectivity index (χ3n) is 4.13. The zero-order valence-corrected chi connectivity index (χ0v) is 15.3. The number of carbonyl (C=O) groups is 1. The molecule has 0 fully saturated rings. The van der Waals surface area contributed by atoms with Crippen LogP contribution in [-0.4, -0.2) is 36.0 Å². The molecule has 2 aromatic carbocycles. The Morgan fingerprint density at radius 1 is 1.24 bits per heavy atom. The van der Waals surface area contributed by atoms with E-state index in [2.05, 4.69) is 16.4 Å². The van der Waals surface area contributed by atoms with Gasteiger partial charge in [-0.25, -0.2) is 4.98 Å². The third-order valence-corrected chi connectivity index (χ3v) is 5.15. The molecule has 3 rings (SSSR count). The van der Waals surface area contributed by atoms with Crippen molar-refractivity contribution in [2.24, 2.45) is 0 Å². The number of carbonyl (C=O) groups excluding carboxylic acids is 1. The average molecular weight is 355 g/mol. The monoisotopic (exact) mass is 355 g/mol. The summed E-state index contributed by atoms with van der Waals surface area (Å²) in [4.78, 5) is 19.2. The number of likely N-dealkylation sites (N-methyl/N-ethyl adjacent to an activating group) is 1. The molecule has 6 heteroatoms. The fourth-order valence-electron chi connectivity index (χ4n) is 2.52. The molecule has 25 heavy (non-hydrogen) atoms. The second-order valence-corrected chi connectivity index (χ2v) is 6.97. The summed E-state index contributed by atoms with van der Waals surface area (Å²) < 4.78 is 6.44. The van der Waals surface area contributed by atoms with E-state index in [1.807, 2.05) is 61.3 Å². The molecule has 0 bridgehead atoms. The number of anilines is 1. The van der Waals surface area contributed by atoms with Gasteiger partial charge in [-0.3, -0.25) is 9.69 Å². The van der Waals surface area contributed by atoms with Crippen LogP contribution in [0, 0.1) is 0 Å². The molecule has 0 aliphatic heterocycles. The largest absolute Gasteiger partial charge is 0.495 e. The standard InChI is InChI=1S/C19H21N3O2S/c1-13(19(23)21-14-8-4-6-10-16(14)24-3)22(2)12-18-20-15-9-5-7-11-17(15)25-18/h4-11,13H,12H2,1-3H3,(H,21,23)/t13-/m1/s1. The number of methoxy groups -OCH3 is 1. The van der Waals surface area contributed by atoms with Crippen LogP contribution in [0.15, 0.2) is 48.5 Å². The third kappa shape index (κ3) is 3.97. The molecule has 0 spiro atoms. The maximum absolute atomic E-state index is 12.6. The van der Waals surface area contributed by atoms with E-state index in [0.717, 1.165) is 15.2 Å². The van der Waals surface area contributed by atoms with Gasteiger partial charge in [0.25, 0.3) is 0 Å². The Morgan fingerprint density at radius 2 is 1.96 bits per heavy atom. The van der Waals surface area contributed by atoms with Gasteiger partial charge in [0.05, 0.1) is 35.6 Å². The molecule has 1 N–H and O–H groups in total. The zero-order valence-electron chi connectivity index (χ0n) is 14.5. The quantitative estimate of drug-likeness (QED) is 0.731. The smallest absolute Gasteiger partial charge is 0.241 e. The fraction of sp³-hybridized carbons (Fsp3) is 0.263. The first-order valence-electron chi connectivity index (χ1n) is 8.07. The van der Waals surface area contributed by atoms with Crippen molar-refractivity contribution in [3.05, 3.63) is 53.5 Å². The van der Waals surface area contributed by atoms with Gasteiger partial charge < -0.3 is 10.1 Å². The Morgan fingerprint density at radius 3 is 2.72 bits per heavy atom. The van der Waals surface area contributed by atoms with Gasteiger partial charge in [0.15, 0.2) is 0 Å². The molecule has 0 aliphatic rings. The molecule has 0 aliphatic carbocycles. The van der Waals surface area contributed by atoms with E-state index in [-0.39, 0.29) is 11.9 Å². The number of hydrogen-bond acceptors (Lipinski definition) is 5. The Hall–Kier alpha value is -2.44. The van der Waals surface area contributed by atoms with Crippen LogP contribution in [0.2, 0.25) is 0 Å². The molecule has 3 aromatic rings. The Labute approximate surface area is 151 Å². The summed E-state index contributed by atoms with van der Waals surface area (Å²) in [5.41, 5.74) is 1.68. The molecule has 0 saturated heterocycles. The van der Waals surface area contributed by atoms with Crippen molar-refractivity contribution in [1.82, 2.24) is 9.88 Å². The van der Waals surface area contributed by atoms with Crippen molar-refractivity contribution < 1.29 is 9.53 Å². The van der Waals surface area contributed by atoms with Gasteiger partial charge in [0.1, 0.15) is 10.8 Å². The van der Waals surface area contributed by atoms with Gasteiger partial charge in [-0.05, 0) is 38.2 Å². The lowest BCUT2D eigenvalue weighted by molar-refractivity contribution is -0.120. The number of benzene rings is 2. The molecule has 1 amide bonds. The number of fused-ring (bicyclic) bond motifs is 1. The van der Waals surface area contributed by atoms with Crippen molar-refractivity contribution in [3.8, 4) is 5.75 Å². The summed E-state index contributed by atoms with van der Waals surface area (Å²) in [6.45, 7) is 2.51. The van der Waals surface area contributed by atoms with Crippen molar-refractivity contribution in [2.45, 2.75) is 19.5 Å². The molecule has 0 radical (unpaired) electrons. The summed E-state index contributed by atoms with van der Waals surface area (Å²) in [5, 5.41) is 3.93. The van der Waals surface area contributed by atoms with Crippen LogP contribution >= 0.6 is 11.3 Å². The highest BCUT2D eigenvalue weighted by atomic mass is 32.1. The summed E-state index contributed by atoms with van der Waals surface area (Å²) in [5.74, 6) is 0.574. The number of nitrogens with zero attached hydrogens (tertiary/aromatic N) is 2. The number of rotatable bonds is 6. The van der Waals surface area contributed by atoms with E-state index < -0.39 is 0 Å².